The molecule has 180 valence electrons. The van der Waals surface area contributed by atoms with E-state index in [1.165, 1.54) is 0 Å². The molecule has 34 heavy (non-hydrogen) atoms. The van der Waals surface area contributed by atoms with Crippen LogP contribution in [0.3, 0.4) is 0 Å². The lowest BCUT2D eigenvalue weighted by atomic mass is 9.97. The molecule has 0 saturated carbocycles. The number of benzene rings is 1. The van der Waals surface area contributed by atoms with Crippen molar-refractivity contribution in [1.82, 2.24) is 24.7 Å². The van der Waals surface area contributed by atoms with Crippen molar-refractivity contribution in [3.63, 3.8) is 0 Å². The Kier molecular flexibility index (Phi) is 6.61. The highest BCUT2D eigenvalue weighted by Gasteiger charge is 2.27. The standard InChI is InChI=1S/C22H26N6O4S2/c1-14(2)19-24-20(32-26-19)16-7-9-27(10-8-16)22-25-28-11-17(23-21(28)33-22)12-31-18-5-3-15(4-6-18)13-34(29)30/h3-6,11,14,16H,7-10,12-13H2,1-2H3,(H,29,30). The van der Waals surface area contributed by atoms with Crippen LogP contribution < -0.4 is 9.64 Å². The van der Waals surface area contributed by atoms with Gasteiger partial charge in [0.1, 0.15) is 12.4 Å². The van der Waals surface area contributed by atoms with Gasteiger partial charge in [-0.15, -0.1) is 5.10 Å². The van der Waals surface area contributed by atoms with E-state index in [9.17, 15) is 4.21 Å². The molecule has 1 aromatic carbocycles. The maximum Gasteiger partial charge on any atom is 0.229 e. The largest absolute Gasteiger partial charge is 0.487 e. The van der Waals surface area contributed by atoms with Crippen molar-refractivity contribution in [2.45, 2.75) is 50.9 Å². The summed E-state index contributed by atoms with van der Waals surface area (Å²) in [6.45, 7) is 6.23. The topological polar surface area (TPSA) is 119 Å². The molecule has 1 atom stereocenters. The molecule has 0 amide bonds. The van der Waals surface area contributed by atoms with Crippen molar-refractivity contribution in [2.24, 2.45) is 0 Å². The zero-order valence-corrected chi connectivity index (χ0v) is 20.6. The zero-order chi connectivity index (χ0) is 23.7. The van der Waals surface area contributed by atoms with Gasteiger partial charge in [-0.2, -0.15) is 4.98 Å². The first-order chi connectivity index (χ1) is 16.4. The third kappa shape index (κ3) is 5.13. The van der Waals surface area contributed by atoms with E-state index < -0.39 is 11.1 Å². The van der Waals surface area contributed by atoms with Crippen LogP contribution in [0.15, 0.2) is 35.0 Å². The van der Waals surface area contributed by atoms with Crippen LogP contribution in [0.25, 0.3) is 4.96 Å². The Labute approximate surface area is 203 Å². The van der Waals surface area contributed by atoms with Crippen LogP contribution in [0.1, 0.15) is 61.5 Å². The lowest BCUT2D eigenvalue weighted by molar-refractivity contribution is 0.302. The second-order valence-electron chi connectivity index (χ2n) is 8.65. The minimum absolute atomic E-state index is 0.110. The quantitative estimate of drug-likeness (QED) is 0.357. The van der Waals surface area contributed by atoms with E-state index in [1.54, 1.807) is 40.1 Å². The maximum absolute atomic E-state index is 10.9. The lowest BCUT2D eigenvalue weighted by Crippen LogP contribution is -2.33. The van der Waals surface area contributed by atoms with Gasteiger partial charge in [-0.05, 0) is 30.5 Å². The van der Waals surface area contributed by atoms with Crippen LogP contribution in [0.4, 0.5) is 5.13 Å². The van der Waals surface area contributed by atoms with Crippen molar-refractivity contribution in [3.05, 3.63) is 53.4 Å². The number of nitrogens with zero attached hydrogens (tertiary/aromatic N) is 6. The van der Waals surface area contributed by atoms with Crippen LogP contribution in [0.2, 0.25) is 0 Å². The Bertz CT molecular complexity index is 1240. The molecule has 4 aromatic rings. The smallest absolute Gasteiger partial charge is 0.229 e. The van der Waals surface area contributed by atoms with E-state index in [4.69, 9.17) is 18.9 Å². The number of imidazole rings is 1. The first-order valence-electron chi connectivity index (χ1n) is 11.2. The molecule has 10 nitrogen and oxygen atoms in total. The monoisotopic (exact) mass is 502 g/mol. The van der Waals surface area contributed by atoms with Gasteiger partial charge in [-0.1, -0.05) is 42.5 Å². The SMILES string of the molecule is CC(C)c1noc(C2CCN(c3nn4cc(COc5ccc(CS(=O)O)cc5)nc4s3)CC2)n1. The normalized spacial score (nSPS) is 15.9. The molecular formula is C22H26N6O4S2. The molecule has 3 aromatic heterocycles. The molecule has 1 saturated heterocycles. The molecule has 5 rings (SSSR count). The molecule has 0 bridgehead atoms. The summed E-state index contributed by atoms with van der Waals surface area (Å²) in [6, 6.07) is 7.15. The molecule has 1 aliphatic heterocycles. The Morgan fingerprint density at radius 3 is 2.65 bits per heavy atom. The summed E-state index contributed by atoms with van der Waals surface area (Å²) in [5, 5.41) is 9.77. The Morgan fingerprint density at radius 1 is 1.24 bits per heavy atom. The van der Waals surface area contributed by atoms with Crippen LogP contribution in [-0.2, 0) is 23.4 Å². The third-order valence-electron chi connectivity index (χ3n) is 5.77. The highest BCUT2D eigenvalue weighted by Crippen LogP contribution is 2.32. The van der Waals surface area contributed by atoms with Crippen molar-refractivity contribution in [2.75, 3.05) is 18.0 Å². The summed E-state index contributed by atoms with van der Waals surface area (Å²) in [7, 11) is 0. The van der Waals surface area contributed by atoms with E-state index >= 15 is 0 Å². The van der Waals surface area contributed by atoms with Crippen molar-refractivity contribution >= 4 is 32.5 Å². The van der Waals surface area contributed by atoms with Gasteiger partial charge in [0.2, 0.25) is 16.0 Å². The van der Waals surface area contributed by atoms with Gasteiger partial charge in [-0.25, -0.2) is 13.7 Å². The third-order valence-corrected chi connectivity index (χ3v) is 7.33. The second-order valence-corrected chi connectivity index (χ2v) is 10.5. The lowest BCUT2D eigenvalue weighted by Gasteiger charge is -2.29. The Morgan fingerprint density at radius 2 is 2.00 bits per heavy atom. The van der Waals surface area contributed by atoms with Crippen molar-refractivity contribution in [1.29, 1.82) is 0 Å². The summed E-state index contributed by atoms with van der Waals surface area (Å²) in [6.07, 6.45) is 3.79. The van der Waals surface area contributed by atoms with Gasteiger partial charge in [0, 0.05) is 24.9 Å². The second kappa shape index (κ2) is 9.80. The van der Waals surface area contributed by atoms with Crippen LogP contribution in [0.5, 0.6) is 5.75 Å². The average Bonchev–Trinajstić information content (AvgIpc) is 3.54. The molecular weight excluding hydrogens is 476 g/mol. The molecule has 1 unspecified atom stereocenters. The maximum atomic E-state index is 10.9. The van der Waals surface area contributed by atoms with E-state index in [1.807, 2.05) is 6.20 Å². The first kappa shape index (κ1) is 22.9. The van der Waals surface area contributed by atoms with Crippen molar-refractivity contribution in [3.8, 4) is 5.75 Å². The molecule has 4 heterocycles. The minimum Gasteiger partial charge on any atom is -0.487 e. The predicted octanol–water partition coefficient (Wildman–Crippen LogP) is 3.98. The van der Waals surface area contributed by atoms with Gasteiger partial charge in [0.15, 0.2) is 16.9 Å². The van der Waals surface area contributed by atoms with Gasteiger partial charge in [0.05, 0.1) is 17.6 Å². The molecule has 12 heteroatoms. The van der Waals surface area contributed by atoms with Gasteiger partial charge in [0.25, 0.3) is 0 Å². The summed E-state index contributed by atoms with van der Waals surface area (Å²) in [4.78, 5) is 12.3. The van der Waals surface area contributed by atoms with E-state index in [2.05, 4.69) is 33.9 Å². The van der Waals surface area contributed by atoms with E-state index in [-0.39, 0.29) is 11.7 Å². The van der Waals surface area contributed by atoms with Gasteiger partial charge < -0.3 is 18.7 Å². The van der Waals surface area contributed by atoms with Crippen LogP contribution >= 0.6 is 11.3 Å². The van der Waals surface area contributed by atoms with Gasteiger partial charge >= 0.3 is 0 Å². The number of hydrogen-bond donors (Lipinski definition) is 1. The number of rotatable bonds is 8. The van der Waals surface area contributed by atoms with E-state index in [0.717, 1.165) is 59.0 Å². The van der Waals surface area contributed by atoms with Crippen LogP contribution in [-0.4, -0.2) is 46.6 Å². The molecule has 0 radical (unpaired) electrons. The number of anilines is 1. The van der Waals surface area contributed by atoms with Crippen LogP contribution in [0, 0.1) is 0 Å². The number of piperidine rings is 1. The fraction of sp³-hybridized carbons (Fsp3) is 0.455. The fourth-order valence-corrected chi connectivity index (χ4v) is 5.31. The molecule has 1 N–H and O–H groups in total. The summed E-state index contributed by atoms with van der Waals surface area (Å²) in [5.74, 6) is 2.88. The summed E-state index contributed by atoms with van der Waals surface area (Å²) < 4.78 is 33.0. The van der Waals surface area contributed by atoms with E-state index in [0.29, 0.717) is 18.3 Å². The number of fused-ring (bicyclic) bond motifs is 1. The number of hydrogen-bond acceptors (Lipinski definition) is 9. The molecule has 0 aliphatic carbocycles. The Balaban J connectivity index is 1.16. The zero-order valence-electron chi connectivity index (χ0n) is 19.0. The summed E-state index contributed by atoms with van der Waals surface area (Å²) in [5.41, 5.74) is 1.58. The minimum atomic E-state index is -1.85. The number of aromatic nitrogens is 5. The summed E-state index contributed by atoms with van der Waals surface area (Å²) >= 11 is -0.283. The predicted molar refractivity (Wildman–Crippen MR) is 129 cm³/mol. The molecule has 0 spiro atoms. The Hall–Kier alpha value is -2.83. The molecule has 1 aliphatic rings. The average molecular weight is 503 g/mol. The highest BCUT2D eigenvalue weighted by molar-refractivity contribution is 7.78. The first-order valence-corrected chi connectivity index (χ1v) is 13.3. The fourth-order valence-electron chi connectivity index (χ4n) is 3.88. The van der Waals surface area contributed by atoms with Crippen molar-refractivity contribution < 1.29 is 18.0 Å². The highest BCUT2D eigenvalue weighted by atomic mass is 32.2. The molecule has 1 fully saturated rings. The number of ether oxygens (including phenoxy) is 1. The van der Waals surface area contributed by atoms with Gasteiger partial charge in [-0.3, -0.25) is 0 Å².